The number of hydrogen-bond donors (Lipinski definition) is 0. The first-order valence-electron chi connectivity index (χ1n) is 11.2. The molecule has 2 saturated carbocycles. The Morgan fingerprint density at radius 1 is 1.39 bits per heavy atom. The van der Waals surface area contributed by atoms with Gasteiger partial charge in [-0.15, -0.1) is 0 Å². The molecule has 0 radical (unpaired) electrons. The van der Waals surface area contributed by atoms with Gasteiger partial charge in [-0.25, -0.2) is 0 Å². The van der Waals surface area contributed by atoms with Crippen molar-refractivity contribution in [2.75, 3.05) is 26.2 Å². The third-order valence-electron chi connectivity index (χ3n) is 7.90. The smallest absolute Gasteiger partial charge is 0.310 e. The molecule has 0 aromatic rings. The number of allylic oxidation sites excluding steroid dienone is 1. The maximum atomic E-state index is 12.8. The van der Waals surface area contributed by atoms with E-state index in [0.717, 1.165) is 38.6 Å². The monoisotopic (exact) mass is 389 g/mol. The summed E-state index contributed by atoms with van der Waals surface area (Å²) < 4.78 is 11.1. The van der Waals surface area contributed by atoms with Crippen molar-refractivity contribution >= 4 is 11.9 Å². The van der Waals surface area contributed by atoms with Crippen LogP contribution in [0.15, 0.2) is 12.2 Å². The van der Waals surface area contributed by atoms with Gasteiger partial charge in [0.25, 0.3) is 0 Å². The molecule has 0 N–H and O–H groups in total. The van der Waals surface area contributed by atoms with Crippen molar-refractivity contribution in [2.45, 2.75) is 64.9 Å². The molecule has 4 rings (SSSR count). The molecule has 2 saturated heterocycles. The highest BCUT2D eigenvalue weighted by Crippen LogP contribution is 2.57. The molecule has 4 fully saturated rings. The SMILES string of the molecule is C=C1CCC[C@]2(C)C[C@H]3OC(=O)[C@H](CN4CCC[C@@H](C(=O)OCC)C4)[C@H]3C[C@@H]12. The fraction of sp³-hybridized carbons (Fsp3) is 0.826. The van der Waals surface area contributed by atoms with Crippen LogP contribution in [0.25, 0.3) is 0 Å². The number of fused-ring (bicyclic) bond motifs is 2. The van der Waals surface area contributed by atoms with Crippen LogP contribution in [0.1, 0.15) is 58.8 Å². The van der Waals surface area contributed by atoms with Gasteiger partial charge in [0, 0.05) is 19.0 Å². The summed E-state index contributed by atoms with van der Waals surface area (Å²) in [7, 11) is 0. The van der Waals surface area contributed by atoms with Crippen molar-refractivity contribution < 1.29 is 19.1 Å². The second-order valence-corrected chi connectivity index (χ2v) is 9.75. The van der Waals surface area contributed by atoms with Crippen LogP contribution in [0.4, 0.5) is 0 Å². The Morgan fingerprint density at radius 3 is 3.00 bits per heavy atom. The van der Waals surface area contributed by atoms with Crippen LogP contribution < -0.4 is 0 Å². The minimum Gasteiger partial charge on any atom is -0.466 e. The van der Waals surface area contributed by atoms with Crippen molar-refractivity contribution in [1.82, 2.24) is 4.90 Å². The Hall–Kier alpha value is -1.36. The largest absolute Gasteiger partial charge is 0.466 e. The van der Waals surface area contributed by atoms with Crippen molar-refractivity contribution in [2.24, 2.45) is 29.1 Å². The molecule has 156 valence electrons. The standard InChI is InChI=1S/C23H35NO4/c1-4-27-21(25)16-8-6-10-24(13-16)14-18-17-11-19-15(2)7-5-9-23(19,3)12-20(17)28-22(18)26/h16-20H,2,4-14H2,1,3H3/t16-,17-,18-,19+,20-,23-/m1/s1. The summed E-state index contributed by atoms with van der Waals surface area (Å²) in [6.07, 6.45) is 7.51. The Balaban J connectivity index is 1.43. The number of piperidine rings is 1. The zero-order valence-electron chi connectivity index (χ0n) is 17.5. The third kappa shape index (κ3) is 3.62. The van der Waals surface area contributed by atoms with Crippen LogP contribution in [0, 0.1) is 29.1 Å². The fourth-order valence-corrected chi connectivity index (χ4v) is 6.42. The molecule has 0 aromatic heterocycles. The molecule has 6 atom stereocenters. The number of likely N-dealkylation sites (tertiary alicyclic amines) is 1. The summed E-state index contributed by atoms with van der Waals surface area (Å²) >= 11 is 0. The van der Waals surface area contributed by atoms with E-state index in [2.05, 4.69) is 18.4 Å². The molecule has 2 heterocycles. The lowest BCUT2D eigenvalue weighted by Gasteiger charge is -2.50. The lowest BCUT2D eigenvalue weighted by Crippen LogP contribution is -2.47. The summed E-state index contributed by atoms with van der Waals surface area (Å²) in [6.45, 7) is 11.4. The molecular weight excluding hydrogens is 354 g/mol. The zero-order chi connectivity index (χ0) is 19.9. The third-order valence-corrected chi connectivity index (χ3v) is 7.90. The van der Waals surface area contributed by atoms with Crippen LogP contribution in [-0.4, -0.2) is 49.2 Å². The molecule has 5 nitrogen and oxygen atoms in total. The maximum Gasteiger partial charge on any atom is 0.310 e. The molecule has 2 aliphatic carbocycles. The predicted octanol–water partition coefficient (Wildman–Crippen LogP) is 3.58. The second-order valence-electron chi connectivity index (χ2n) is 9.75. The normalized spacial score (nSPS) is 41.1. The van der Waals surface area contributed by atoms with Gasteiger partial charge in [0.15, 0.2) is 0 Å². The minimum absolute atomic E-state index is 0.0267. The van der Waals surface area contributed by atoms with Gasteiger partial charge in [0.05, 0.1) is 18.4 Å². The first-order valence-corrected chi connectivity index (χ1v) is 11.2. The molecule has 4 aliphatic rings. The Labute approximate surface area is 168 Å². The van der Waals surface area contributed by atoms with Crippen molar-refractivity contribution in [3.05, 3.63) is 12.2 Å². The van der Waals surface area contributed by atoms with Gasteiger partial charge >= 0.3 is 11.9 Å². The van der Waals surface area contributed by atoms with Gasteiger partial charge in [-0.2, -0.15) is 0 Å². The van der Waals surface area contributed by atoms with E-state index in [1.54, 1.807) is 0 Å². The number of nitrogens with zero attached hydrogens (tertiary/aromatic N) is 1. The second kappa shape index (κ2) is 7.81. The van der Waals surface area contributed by atoms with Crippen molar-refractivity contribution in [1.29, 1.82) is 0 Å². The zero-order valence-corrected chi connectivity index (χ0v) is 17.5. The van der Waals surface area contributed by atoms with Gasteiger partial charge in [-0.05, 0) is 69.7 Å². The average Bonchev–Trinajstić information content (AvgIpc) is 2.94. The summed E-state index contributed by atoms with van der Waals surface area (Å²) in [4.78, 5) is 27.2. The summed E-state index contributed by atoms with van der Waals surface area (Å²) in [5.74, 6) is 0.573. The molecule has 5 heteroatoms. The van der Waals surface area contributed by atoms with Crippen LogP contribution in [0.3, 0.4) is 0 Å². The molecule has 2 aliphatic heterocycles. The van der Waals surface area contributed by atoms with E-state index in [9.17, 15) is 9.59 Å². The lowest BCUT2D eigenvalue weighted by molar-refractivity contribution is -0.150. The first kappa shape index (κ1) is 19.9. The van der Waals surface area contributed by atoms with E-state index in [1.807, 2.05) is 6.92 Å². The van der Waals surface area contributed by atoms with Crippen molar-refractivity contribution in [3.8, 4) is 0 Å². The summed E-state index contributed by atoms with van der Waals surface area (Å²) in [5.41, 5.74) is 1.62. The Morgan fingerprint density at radius 2 is 2.21 bits per heavy atom. The number of carbonyl (C=O) groups is 2. The summed E-state index contributed by atoms with van der Waals surface area (Å²) in [5, 5.41) is 0. The van der Waals surface area contributed by atoms with E-state index < -0.39 is 0 Å². The number of rotatable bonds is 4. The van der Waals surface area contributed by atoms with E-state index in [0.29, 0.717) is 31.5 Å². The number of ether oxygens (including phenoxy) is 2. The van der Waals surface area contributed by atoms with Crippen LogP contribution >= 0.6 is 0 Å². The number of esters is 2. The molecule has 0 unspecified atom stereocenters. The highest BCUT2D eigenvalue weighted by molar-refractivity contribution is 5.76. The van der Waals surface area contributed by atoms with Crippen LogP contribution in [0.2, 0.25) is 0 Å². The molecule has 0 spiro atoms. The molecule has 28 heavy (non-hydrogen) atoms. The Bertz CT molecular complexity index is 647. The topological polar surface area (TPSA) is 55.8 Å². The molecule has 0 aromatic carbocycles. The highest BCUT2D eigenvalue weighted by atomic mass is 16.6. The minimum atomic E-state index is -0.0917. The molecule has 0 amide bonds. The quantitative estimate of drug-likeness (QED) is 0.543. The fourth-order valence-electron chi connectivity index (χ4n) is 6.42. The molecule has 0 bridgehead atoms. The van der Waals surface area contributed by atoms with Gasteiger partial charge in [0.1, 0.15) is 6.10 Å². The van der Waals surface area contributed by atoms with Crippen LogP contribution in [-0.2, 0) is 19.1 Å². The van der Waals surface area contributed by atoms with Gasteiger partial charge < -0.3 is 14.4 Å². The lowest BCUT2D eigenvalue weighted by atomic mass is 9.55. The van der Waals surface area contributed by atoms with Gasteiger partial charge in [-0.3, -0.25) is 9.59 Å². The maximum absolute atomic E-state index is 12.8. The van der Waals surface area contributed by atoms with E-state index in [4.69, 9.17) is 9.47 Å². The summed E-state index contributed by atoms with van der Waals surface area (Å²) in [6, 6.07) is 0. The van der Waals surface area contributed by atoms with Gasteiger partial charge in [0.2, 0.25) is 0 Å². The Kier molecular flexibility index (Phi) is 5.56. The number of carbonyl (C=O) groups excluding carboxylic acids is 2. The van der Waals surface area contributed by atoms with Crippen LogP contribution in [0.5, 0.6) is 0 Å². The van der Waals surface area contributed by atoms with Crippen molar-refractivity contribution in [3.63, 3.8) is 0 Å². The molecular formula is C23H35NO4. The average molecular weight is 390 g/mol. The van der Waals surface area contributed by atoms with Gasteiger partial charge in [-0.1, -0.05) is 19.1 Å². The van der Waals surface area contributed by atoms with E-state index in [1.165, 1.54) is 18.4 Å². The van der Waals surface area contributed by atoms with E-state index >= 15 is 0 Å². The highest BCUT2D eigenvalue weighted by Gasteiger charge is 2.55. The predicted molar refractivity (Wildman–Crippen MR) is 106 cm³/mol. The number of hydrogen-bond acceptors (Lipinski definition) is 5. The first-order chi connectivity index (χ1) is 13.4. The van der Waals surface area contributed by atoms with E-state index in [-0.39, 0.29) is 35.3 Å².